The molecule has 39 heavy (non-hydrogen) atoms. The quantitative estimate of drug-likeness (QED) is 0.272. The number of carbonyl (C=O) groups is 2. The number of nitrogens with zero attached hydrogens (tertiary/aromatic N) is 3. The first-order chi connectivity index (χ1) is 18.8. The Morgan fingerprint density at radius 3 is 2.51 bits per heavy atom. The molecule has 200 valence electrons. The van der Waals surface area contributed by atoms with Crippen molar-refractivity contribution in [3.8, 4) is 0 Å². The Bertz CT molecular complexity index is 1460. The van der Waals surface area contributed by atoms with Crippen LogP contribution in [0.4, 0.5) is 17.1 Å². The maximum absolute atomic E-state index is 13.7. The number of fused-ring (bicyclic) bond motifs is 2. The molecule has 9 heteroatoms. The summed E-state index contributed by atoms with van der Waals surface area (Å²) >= 11 is 0. The number of aliphatic hydroxyl groups is 2. The standard InChI is InChI=1S/C30H29N3O6/c1-20(8-7-13-28(35)31-18-22-10-6-5-9-21(22)16-25(31)19-34)30(37)26-17-24(33(38)39)14-15-27(26)32(29(30)36)23-11-3-2-4-12-23/h2-12,14-15,17,20,25,34,37H,13,16,18-19H2,1H3/b8-7+/t20-,25-,30+/m0/s1. The van der Waals surface area contributed by atoms with Gasteiger partial charge in [-0.2, -0.15) is 0 Å². The molecule has 3 aromatic rings. The van der Waals surface area contributed by atoms with Crippen molar-refractivity contribution in [1.29, 1.82) is 0 Å². The van der Waals surface area contributed by atoms with Gasteiger partial charge in [0, 0.05) is 42.3 Å². The average Bonchev–Trinajstić information content (AvgIpc) is 3.19. The Morgan fingerprint density at radius 1 is 1.13 bits per heavy atom. The van der Waals surface area contributed by atoms with Crippen molar-refractivity contribution in [2.24, 2.45) is 5.92 Å². The first-order valence-electron chi connectivity index (χ1n) is 12.8. The maximum Gasteiger partial charge on any atom is 0.269 e. The van der Waals surface area contributed by atoms with Crippen LogP contribution >= 0.6 is 0 Å². The Morgan fingerprint density at radius 2 is 1.82 bits per heavy atom. The van der Waals surface area contributed by atoms with Gasteiger partial charge in [0.2, 0.25) is 5.91 Å². The molecule has 0 saturated carbocycles. The number of non-ortho nitro benzene ring substituents is 1. The molecule has 2 N–H and O–H groups in total. The van der Waals surface area contributed by atoms with E-state index in [1.807, 2.05) is 24.3 Å². The third-order valence-corrected chi connectivity index (χ3v) is 7.65. The van der Waals surface area contributed by atoms with Crippen LogP contribution in [0.15, 0.2) is 84.9 Å². The van der Waals surface area contributed by atoms with Crippen molar-refractivity contribution >= 4 is 28.9 Å². The molecule has 0 spiro atoms. The number of aliphatic hydroxyl groups excluding tert-OH is 1. The lowest BCUT2D eigenvalue weighted by molar-refractivity contribution is -0.385. The zero-order chi connectivity index (χ0) is 27.7. The Balaban J connectivity index is 1.40. The summed E-state index contributed by atoms with van der Waals surface area (Å²) in [7, 11) is 0. The van der Waals surface area contributed by atoms with E-state index in [0.29, 0.717) is 24.3 Å². The molecule has 0 aromatic heterocycles. The highest BCUT2D eigenvalue weighted by atomic mass is 16.6. The first-order valence-corrected chi connectivity index (χ1v) is 12.8. The van der Waals surface area contributed by atoms with Gasteiger partial charge in [0.15, 0.2) is 5.60 Å². The largest absolute Gasteiger partial charge is 0.394 e. The molecule has 9 nitrogen and oxygen atoms in total. The molecule has 0 aliphatic carbocycles. The Labute approximate surface area is 225 Å². The van der Waals surface area contributed by atoms with E-state index in [2.05, 4.69) is 0 Å². The third kappa shape index (κ3) is 4.60. The second kappa shape index (κ2) is 10.4. The van der Waals surface area contributed by atoms with E-state index >= 15 is 0 Å². The number of amides is 2. The highest BCUT2D eigenvalue weighted by Crippen LogP contribution is 2.49. The molecule has 0 unspecified atom stereocenters. The fourth-order valence-corrected chi connectivity index (χ4v) is 5.48. The fourth-order valence-electron chi connectivity index (χ4n) is 5.48. The Kier molecular flexibility index (Phi) is 7.03. The zero-order valence-electron chi connectivity index (χ0n) is 21.4. The van der Waals surface area contributed by atoms with E-state index in [1.165, 1.54) is 23.1 Å². The van der Waals surface area contributed by atoms with Crippen molar-refractivity contribution in [1.82, 2.24) is 4.90 Å². The normalized spacial score (nSPS) is 21.1. The van der Waals surface area contributed by atoms with Gasteiger partial charge in [-0.15, -0.1) is 0 Å². The van der Waals surface area contributed by atoms with Crippen molar-refractivity contribution in [2.45, 2.75) is 38.0 Å². The summed E-state index contributed by atoms with van der Waals surface area (Å²) in [6, 6.07) is 20.3. The van der Waals surface area contributed by atoms with Crippen LogP contribution < -0.4 is 4.90 Å². The van der Waals surface area contributed by atoms with E-state index in [4.69, 9.17) is 0 Å². The number of hydrogen-bond donors (Lipinski definition) is 2. The van der Waals surface area contributed by atoms with Gasteiger partial charge < -0.3 is 15.1 Å². The van der Waals surface area contributed by atoms with Gasteiger partial charge >= 0.3 is 0 Å². The number of rotatable bonds is 7. The molecule has 0 fully saturated rings. The van der Waals surface area contributed by atoms with E-state index < -0.39 is 22.3 Å². The first kappa shape index (κ1) is 26.3. The van der Waals surface area contributed by atoms with Crippen molar-refractivity contribution in [3.63, 3.8) is 0 Å². The number of anilines is 2. The van der Waals surface area contributed by atoms with Crippen LogP contribution in [0, 0.1) is 16.0 Å². The molecular formula is C30H29N3O6. The van der Waals surface area contributed by atoms with Gasteiger partial charge in [0.25, 0.3) is 11.6 Å². The lowest BCUT2D eigenvalue weighted by Gasteiger charge is -2.36. The number of benzene rings is 3. The lowest BCUT2D eigenvalue weighted by atomic mass is 9.82. The van der Waals surface area contributed by atoms with Gasteiger partial charge in [-0.05, 0) is 35.7 Å². The molecular weight excluding hydrogens is 498 g/mol. The summed E-state index contributed by atoms with van der Waals surface area (Å²) in [4.78, 5) is 40.8. The minimum Gasteiger partial charge on any atom is -0.394 e. The molecule has 3 atom stereocenters. The maximum atomic E-state index is 13.7. The van der Waals surface area contributed by atoms with Crippen molar-refractivity contribution in [2.75, 3.05) is 11.5 Å². The van der Waals surface area contributed by atoms with Crippen LogP contribution in [0.2, 0.25) is 0 Å². The minimum atomic E-state index is -2.07. The number of nitro groups is 1. The van der Waals surface area contributed by atoms with Gasteiger partial charge in [0.1, 0.15) is 0 Å². The second-order valence-corrected chi connectivity index (χ2v) is 9.95. The molecule has 5 rings (SSSR count). The average molecular weight is 528 g/mol. The van der Waals surface area contributed by atoms with E-state index in [0.717, 1.165) is 11.1 Å². The van der Waals surface area contributed by atoms with Crippen LogP contribution in [0.3, 0.4) is 0 Å². The van der Waals surface area contributed by atoms with Gasteiger partial charge in [0.05, 0.1) is 23.3 Å². The number of hydrogen-bond acceptors (Lipinski definition) is 6. The Hall–Kier alpha value is -4.34. The monoisotopic (exact) mass is 527 g/mol. The van der Waals surface area contributed by atoms with Crippen LogP contribution in [-0.4, -0.2) is 44.5 Å². The van der Waals surface area contributed by atoms with Crippen LogP contribution in [0.5, 0.6) is 0 Å². The summed E-state index contributed by atoms with van der Waals surface area (Å²) in [5.41, 5.74) is 0.881. The highest BCUT2D eigenvalue weighted by Gasteiger charge is 2.53. The third-order valence-electron chi connectivity index (χ3n) is 7.65. The molecule has 0 saturated heterocycles. The molecule has 2 aliphatic heterocycles. The molecule has 2 aliphatic rings. The predicted molar refractivity (Wildman–Crippen MR) is 145 cm³/mol. The molecule has 0 bridgehead atoms. The van der Waals surface area contributed by atoms with Crippen molar-refractivity contribution < 1.29 is 24.7 Å². The summed E-state index contributed by atoms with van der Waals surface area (Å²) in [5.74, 6) is -1.61. The zero-order valence-corrected chi connectivity index (χ0v) is 21.4. The van der Waals surface area contributed by atoms with E-state index in [1.54, 1.807) is 54.3 Å². The van der Waals surface area contributed by atoms with Gasteiger partial charge in [-0.1, -0.05) is 61.5 Å². The smallest absolute Gasteiger partial charge is 0.269 e. The van der Waals surface area contributed by atoms with E-state index in [-0.39, 0.29) is 36.2 Å². The number of para-hydroxylation sites is 1. The lowest BCUT2D eigenvalue weighted by Crippen LogP contribution is -2.46. The predicted octanol–water partition coefficient (Wildman–Crippen LogP) is 3.99. The van der Waals surface area contributed by atoms with Crippen LogP contribution in [0.25, 0.3) is 0 Å². The number of nitro benzene ring substituents is 1. The summed E-state index contributed by atoms with van der Waals surface area (Å²) in [5, 5.41) is 33.2. The molecule has 0 radical (unpaired) electrons. The summed E-state index contributed by atoms with van der Waals surface area (Å²) < 4.78 is 0. The second-order valence-electron chi connectivity index (χ2n) is 9.95. The summed E-state index contributed by atoms with van der Waals surface area (Å²) in [6.07, 6.45) is 3.78. The van der Waals surface area contributed by atoms with Crippen LogP contribution in [-0.2, 0) is 28.2 Å². The molecule has 2 amide bonds. The minimum absolute atomic E-state index is 0.0114. The topological polar surface area (TPSA) is 124 Å². The van der Waals surface area contributed by atoms with Gasteiger partial charge in [-0.25, -0.2) is 0 Å². The SMILES string of the molecule is C[C@@H](/C=C/CC(=O)N1Cc2ccccc2C[C@H]1CO)[C@]1(O)C(=O)N(c2ccccc2)c2ccc([N+](=O)[O-])cc21. The van der Waals surface area contributed by atoms with E-state index in [9.17, 15) is 29.9 Å². The van der Waals surface area contributed by atoms with Gasteiger partial charge in [-0.3, -0.25) is 24.6 Å². The van der Waals surface area contributed by atoms with Crippen LogP contribution in [0.1, 0.15) is 30.0 Å². The summed E-state index contributed by atoms with van der Waals surface area (Å²) in [6.45, 7) is 1.89. The molecule has 2 heterocycles. The number of carbonyl (C=O) groups excluding carboxylic acids is 2. The highest BCUT2D eigenvalue weighted by molar-refractivity contribution is 6.12. The van der Waals surface area contributed by atoms with Crippen molar-refractivity contribution in [3.05, 3.63) is 112 Å². The molecule has 3 aromatic carbocycles. The fraction of sp³-hybridized carbons (Fsp3) is 0.267.